The van der Waals surface area contributed by atoms with Crippen molar-refractivity contribution in [1.82, 2.24) is 14.3 Å². The van der Waals surface area contributed by atoms with Crippen molar-refractivity contribution >= 4 is 38.9 Å². The van der Waals surface area contributed by atoms with Crippen molar-refractivity contribution in [1.29, 1.82) is 0 Å². The number of anilines is 1. The molecule has 4 nitrogen and oxygen atoms in total. The molecule has 0 spiro atoms. The Kier molecular flexibility index (Phi) is 3.37. The van der Waals surface area contributed by atoms with Crippen LogP contribution in [0.3, 0.4) is 0 Å². The summed E-state index contributed by atoms with van der Waals surface area (Å²) in [4.78, 5) is 9.47. The Morgan fingerprint density at radius 3 is 2.76 bits per heavy atom. The lowest BCUT2D eigenvalue weighted by atomic mass is 10.1. The first-order chi connectivity index (χ1) is 10.3. The molecule has 0 atom stereocenters. The van der Waals surface area contributed by atoms with E-state index in [2.05, 4.69) is 49.1 Å². The molecule has 0 radical (unpaired) electrons. The zero-order valence-electron chi connectivity index (χ0n) is 11.8. The van der Waals surface area contributed by atoms with Gasteiger partial charge in [0, 0.05) is 37.9 Å². The average molecular weight is 316 g/mol. The number of fused-ring (bicyclic) bond motifs is 1. The van der Waals surface area contributed by atoms with Crippen molar-refractivity contribution in [3.05, 3.63) is 29.1 Å². The molecule has 21 heavy (non-hydrogen) atoms. The smallest absolute Gasteiger partial charge is 0.138 e. The van der Waals surface area contributed by atoms with Crippen LogP contribution in [0.25, 0.3) is 22.2 Å². The van der Waals surface area contributed by atoms with Gasteiger partial charge in [-0.05, 0) is 47.0 Å². The molecule has 3 aromatic heterocycles. The largest absolute Gasteiger partial charge is 0.358 e. The molecule has 6 heteroatoms. The third-order valence-corrected chi connectivity index (χ3v) is 5.54. The highest BCUT2D eigenvalue weighted by Gasteiger charge is 2.19. The first-order valence-corrected chi connectivity index (χ1v) is 8.74. The van der Waals surface area contributed by atoms with Crippen LogP contribution in [0.2, 0.25) is 0 Å². The van der Waals surface area contributed by atoms with Gasteiger partial charge in [-0.15, -0.1) is 0 Å². The molecular formula is C15H16N4S2. The summed E-state index contributed by atoms with van der Waals surface area (Å²) in [5.74, 6) is 0. The Labute approximate surface area is 131 Å². The van der Waals surface area contributed by atoms with Crippen molar-refractivity contribution in [2.45, 2.75) is 0 Å². The minimum atomic E-state index is 1.01. The summed E-state index contributed by atoms with van der Waals surface area (Å²) < 4.78 is 4.61. The van der Waals surface area contributed by atoms with E-state index in [1.54, 1.807) is 22.9 Å². The number of nitrogens with zero attached hydrogens (tertiary/aromatic N) is 4. The van der Waals surface area contributed by atoms with Crippen LogP contribution in [-0.4, -0.2) is 47.5 Å². The second-order valence-electron chi connectivity index (χ2n) is 5.38. The molecule has 0 aliphatic carbocycles. The predicted octanol–water partition coefficient (Wildman–Crippen LogP) is 3.17. The Morgan fingerprint density at radius 1 is 1.14 bits per heavy atom. The highest BCUT2D eigenvalue weighted by Crippen LogP contribution is 2.33. The lowest BCUT2D eigenvalue weighted by Crippen LogP contribution is -2.44. The van der Waals surface area contributed by atoms with E-state index in [0.29, 0.717) is 0 Å². The Balaban J connectivity index is 1.69. The summed E-state index contributed by atoms with van der Waals surface area (Å²) in [7, 11) is 2.17. The third kappa shape index (κ3) is 2.43. The molecule has 0 unspecified atom stereocenters. The molecule has 0 bridgehead atoms. The van der Waals surface area contributed by atoms with Gasteiger partial charge in [0.1, 0.15) is 16.0 Å². The van der Waals surface area contributed by atoms with E-state index >= 15 is 0 Å². The molecule has 0 amide bonds. The number of likely N-dealkylation sites (N-methyl/N-ethyl adjacent to an activating group) is 1. The highest BCUT2D eigenvalue weighted by molar-refractivity contribution is 7.11. The quantitative estimate of drug-likeness (QED) is 0.727. The summed E-state index contributed by atoms with van der Waals surface area (Å²) in [5.41, 5.74) is 4.43. The van der Waals surface area contributed by atoms with Gasteiger partial charge < -0.3 is 9.80 Å². The Bertz CT molecular complexity index is 742. The fourth-order valence-corrected chi connectivity index (χ4v) is 4.16. The monoisotopic (exact) mass is 316 g/mol. The first-order valence-electron chi connectivity index (χ1n) is 7.03. The minimum absolute atomic E-state index is 1.01. The second-order valence-corrected chi connectivity index (χ2v) is 6.91. The maximum absolute atomic E-state index is 4.69. The number of hydrogen-bond donors (Lipinski definition) is 0. The fraction of sp³-hybridized carbons (Fsp3) is 0.333. The van der Waals surface area contributed by atoms with Crippen molar-refractivity contribution < 1.29 is 0 Å². The van der Waals surface area contributed by atoms with E-state index in [9.17, 15) is 0 Å². The lowest BCUT2D eigenvalue weighted by molar-refractivity contribution is 0.313. The standard InChI is InChI=1S/C15H16N4S2/c1-18-3-5-19(6-4-18)15-14-13(17-21-15)8-12(9-16-14)11-2-7-20-10-11/h2,7-10H,3-6H2,1H3. The summed E-state index contributed by atoms with van der Waals surface area (Å²) >= 11 is 3.28. The maximum atomic E-state index is 4.69. The molecule has 3 aromatic rings. The average Bonchev–Trinajstić information content (AvgIpc) is 3.17. The number of pyridine rings is 1. The highest BCUT2D eigenvalue weighted by atomic mass is 32.1. The van der Waals surface area contributed by atoms with Gasteiger partial charge in [-0.1, -0.05) is 0 Å². The normalized spacial score (nSPS) is 16.7. The van der Waals surface area contributed by atoms with Gasteiger partial charge in [0.15, 0.2) is 0 Å². The molecule has 1 aliphatic heterocycles. The van der Waals surface area contributed by atoms with E-state index in [4.69, 9.17) is 0 Å². The molecule has 1 aliphatic rings. The zero-order chi connectivity index (χ0) is 14.2. The van der Waals surface area contributed by atoms with Crippen LogP contribution in [0.15, 0.2) is 29.1 Å². The second kappa shape index (κ2) is 5.36. The number of rotatable bonds is 2. The summed E-state index contributed by atoms with van der Waals surface area (Å²) in [5, 5.41) is 5.46. The molecule has 4 heterocycles. The van der Waals surface area contributed by atoms with Crippen LogP contribution in [0.4, 0.5) is 5.00 Å². The molecule has 1 fully saturated rings. The summed E-state index contributed by atoms with van der Waals surface area (Å²) in [6.07, 6.45) is 1.97. The van der Waals surface area contributed by atoms with Gasteiger partial charge >= 0.3 is 0 Å². The van der Waals surface area contributed by atoms with Crippen LogP contribution >= 0.6 is 22.9 Å². The summed E-state index contributed by atoms with van der Waals surface area (Å²) in [6.45, 7) is 4.32. The van der Waals surface area contributed by atoms with Crippen molar-refractivity contribution in [2.75, 3.05) is 38.1 Å². The van der Waals surface area contributed by atoms with Gasteiger partial charge in [-0.2, -0.15) is 15.7 Å². The molecule has 0 N–H and O–H groups in total. The number of aromatic nitrogens is 2. The third-order valence-electron chi connectivity index (χ3n) is 3.95. The molecule has 108 valence electrons. The van der Waals surface area contributed by atoms with E-state index in [-0.39, 0.29) is 0 Å². The Hall–Kier alpha value is -1.50. The van der Waals surface area contributed by atoms with Crippen molar-refractivity contribution in [3.8, 4) is 11.1 Å². The molecule has 1 saturated heterocycles. The summed E-state index contributed by atoms with van der Waals surface area (Å²) in [6, 6.07) is 4.28. The predicted molar refractivity (Wildman–Crippen MR) is 90.4 cm³/mol. The topological polar surface area (TPSA) is 32.3 Å². The van der Waals surface area contributed by atoms with Crippen LogP contribution < -0.4 is 4.90 Å². The number of piperazine rings is 1. The zero-order valence-corrected chi connectivity index (χ0v) is 13.5. The minimum Gasteiger partial charge on any atom is -0.358 e. The van der Waals surface area contributed by atoms with E-state index in [1.165, 1.54) is 10.6 Å². The van der Waals surface area contributed by atoms with Crippen LogP contribution in [0.5, 0.6) is 0 Å². The van der Waals surface area contributed by atoms with E-state index in [1.807, 2.05) is 6.20 Å². The van der Waals surface area contributed by atoms with Crippen molar-refractivity contribution in [3.63, 3.8) is 0 Å². The lowest BCUT2D eigenvalue weighted by Gasteiger charge is -2.32. The SMILES string of the molecule is CN1CCN(c2snc3cc(-c4ccsc4)cnc23)CC1. The van der Waals surface area contributed by atoms with Crippen molar-refractivity contribution in [2.24, 2.45) is 0 Å². The number of thiophene rings is 1. The molecule has 0 aromatic carbocycles. The van der Waals surface area contributed by atoms with E-state index < -0.39 is 0 Å². The van der Waals surface area contributed by atoms with Crippen LogP contribution in [0, 0.1) is 0 Å². The first kappa shape index (κ1) is 13.2. The number of hydrogen-bond acceptors (Lipinski definition) is 6. The van der Waals surface area contributed by atoms with Crippen LogP contribution in [0.1, 0.15) is 0 Å². The van der Waals surface area contributed by atoms with Gasteiger partial charge in [-0.3, -0.25) is 4.98 Å². The molecular weight excluding hydrogens is 300 g/mol. The Morgan fingerprint density at radius 2 is 2.00 bits per heavy atom. The van der Waals surface area contributed by atoms with Crippen LogP contribution in [-0.2, 0) is 0 Å². The fourth-order valence-electron chi connectivity index (χ4n) is 2.63. The van der Waals surface area contributed by atoms with Gasteiger partial charge in [0.2, 0.25) is 0 Å². The van der Waals surface area contributed by atoms with E-state index in [0.717, 1.165) is 42.8 Å². The van der Waals surface area contributed by atoms with Gasteiger partial charge in [0.25, 0.3) is 0 Å². The molecule has 0 saturated carbocycles. The molecule has 4 rings (SSSR count). The van der Waals surface area contributed by atoms with Gasteiger partial charge in [-0.25, -0.2) is 0 Å². The van der Waals surface area contributed by atoms with Gasteiger partial charge in [0.05, 0.1) is 0 Å². The maximum Gasteiger partial charge on any atom is 0.138 e.